The summed E-state index contributed by atoms with van der Waals surface area (Å²) in [7, 11) is 14.1. The van der Waals surface area contributed by atoms with Crippen molar-refractivity contribution in [3.05, 3.63) is 60.2 Å². The number of benzene rings is 1. The SMILES string of the molecule is [B]C([B])(C)c1ccc2cnn(C)c2c1NSc1ccc(-n2cc(C(F)(F)F)cn2)nc1. The molecule has 3 heterocycles. The summed E-state index contributed by atoms with van der Waals surface area (Å²) in [4.78, 5) is 4.93. The average molecular weight is 438 g/mol. The van der Waals surface area contributed by atoms with E-state index in [1.165, 1.54) is 18.1 Å². The first-order chi connectivity index (χ1) is 14.5. The van der Waals surface area contributed by atoms with Crippen molar-refractivity contribution in [2.45, 2.75) is 23.2 Å². The highest BCUT2D eigenvalue weighted by atomic mass is 32.2. The number of aromatic nitrogens is 5. The molecule has 0 saturated heterocycles. The number of fused-ring (bicyclic) bond motifs is 1. The third kappa shape index (κ3) is 4.30. The van der Waals surface area contributed by atoms with Gasteiger partial charge in [-0.15, -0.1) is 0 Å². The van der Waals surface area contributed by atoms with E-state index in [1.807, 2.05) is 19.2 Å². The number of aryl methyl sites for hydroxylation is 1. The smallest absolute Gasteiger partial charge is 0.324 e. The minimum atomic E-state index is -4.46. The molecule has 12 heteroatoms. The van der Waals surface area contributed by atoms with Crippen LogP contribution in [0, 0.1) is 0 Å². The molecule has 0 atom stereocenters. The zero-order valence-electron chi connectivity index (χ0n) is 16.6. The van der Waals surface area contributed by atoms with Crippen molar-refractivity contribution >= 4 is 44.2 Å². The molecule has 0 saturated carbocycles. The molecule has 3 aromatic heterocycles. The monoisotopic (exact) mass is 438 g/mol. The number of rotatable bonds is 5. The number of nitrogens with one attached hydrogen (secondary N) is 1. The second-order valence-corrected chi connectivity index (χ2v) is 8.08. The van der Waals surface area contributed by atoms with Crippen LogP contribution in [0.15, 0.2) is 53.9 Å². The fraction of sp³-hybridized carbons (Fsp3) is 0.211. The van der Waals surface area contributed by atoms with Crippen LogP contribution in [-0.4, -0.2) is 40.2 Å². The first kappa shape index (κ1) is 21.4. The van der Waals surface area contributed by atoms with E-state index < -0.39 is 17.0 Å². The van der Waals surface area contributed by atoms with Crippen LogP contribution in [-0.2, 0) is 18.4 Å². The lowest BCUT2D eigenvalue weighted by Crippen LogP contribution is -2.23. The molecule has 0 fully saturated rings. The molecule has 0 unspecified atom stereocenters. The van der Waals surface area contributed by atoms with Gasteiger partial charge in [0.1, 0.15) is 0 Å². The molecule has 0 bridgehead atoms. The summed E-state index contributed by atoms with van der Waals surface area (Å²) in [5.41, 5.74) is 1.43. The highest BCUT2D eigenvalue weighted by Crippen LogP contribution is 2.36. The predicted octanol–water partition coefficient (Wildman–Crippen LogP) is 3.80. The van der Waals surface area contributed by atoms with Gasteiger partial charge < -0.3 is 4.72 Å². The first-order valence-corrected chi connectivity index (χ1v) is 9.90. The maximum absolute atomic E-state index is 12.8. The number of alkyl halides is 3. The quantitative estimate of drug-likeness (QED) is 0.380. The van der Waals surface area contributed by atoms with Crippen molar-refractivity contribution in [3.8, 4) is 5.82 Å². The van der Waals surface area contributed by atoms with Crippen molar-refractivity contribution in [3.63, 3.8) is 0 Å². The molecule has 0 spiro atoms. The number of nitrogens with zero attached hydrogens (tertiary/aromatic N) is 5. The van der Waals surface area contributed by atoms with Gasteiger partial charge in [-0.1, -0.05) is 24.3 Å². The van der Waals surface area contributed by atoms with Crippen molar-refractivity contribution < 1.29 is 13.2 Å². The molecule has 31 heavy (non-hydrogen) atoms. The number of pyridine rings is 1. The number of halogens is 3. The lowest BCUT2D eigenvalue weighted by atomic mass is 9.52. The molecule has 4 rings (SSSR count). The number of hydrogen-bond acceptors (Lipinski definition) is 5. The maximum Gasteiger partial charge on any atom is 0.419 e. The van der Waals surface area contributed by atoms with E-state index in [4.69, 9.17) is 15.7 Å². The largest absolute Gasteiger partial charge is 0.419 e. The van der Waals surface area contributed by atoms with Gasteiger partial charge in [-0.3, -0.25) is 4.68 Å². The Bertz CT molecular complexity index is 1230. The van der Waals surface area contributed by atoms with E-state index in [9.17, 15) is 13.2 Å². The Hall–Kier alpha value is -2.88. The third-order valence-corrected chi connectivity index (χ3v) is 5.40. The highest BCUT2D eigenvalue weighted by Gasteiger charge is 2.32. The van der Waals surface area contributed by atoms with Gasteiger partial charge in [0.15, 0.2) is 5.82 Å². The van der Waals surface area contributed by atoms with E-state index in [0.717, 1.165) is 38.6 Å². The summed E-state index contributed by atoms with van der Waals surface area (Å²) in [6.07, 6.45) is 0.484. The second-order valence-electron chi connectivity index (χ2n) is 7.20. The van der Waals surface area contributed by atoms with Gasteiger partial charge in [0.25, 0.3) is 0 Å². The normalized spacial score (nSPS) is 12.4. The van der Waals surface area contributed by atoms with Crippen LogP contribution in [0.5, 0.6) is 0 Å². The Morgan fingerprint density at radius 3 is 2.42 bits per heavy atom. The molecule has 6 nitrogen and oxygen atoms in total. The lowest BCUT2D eigenvalue weighted by Gasteiger charge is -2.25. The first-order valence-electron chi connectivity index (χ1n) is 9.08. The molecule has 0 aliphatic carbocycles. The molecular formula is C19H15B2F3N6S. The Morgan fingerprint density at radius 2 is 1.81 bits per heavy atom. The van der Waals surface area contributed by atoms with E-state index in [0.29, 0.717) is 5.56 Å². The van der Waals surface area contributed by atoms with Crippen molar-refractivity contribution in [2.75, 3.05) is 4.72 Å². The van der Waals surface area contributed by atoms with E-state index in [-0.39, 0.29) is 5.82 Å². The second kappa shape index (κ2) is 7.67. The van der Waals surface area contributed by atoms with Crippen LogP contribution in [0.2, 0.25) is 0 Å². The minimum Gasteiger partial charge on any atom is -0.324 e. The lowest BCUT2D eigenvalue weighted by molar-refractivity contribution is -0.137. The summed E-state index contributed by atoms with van der Waals surface area (Å²) in [6.45, 7) is 1.70. The molecular weight excluding hydrogens is 423 g/mol. The zero-order chi connectivity index (χ0) is 22.4. The highest BCUT2D eigenvalue weighted by molar-refractivity contribution is 8.00. The molecule has 0 aliphatic heterocycles. The molecule has 1 aromatic carbocycles. The summed E-state index contributed by atoms with van der Waals surface area (Å²) >= 11 is 1.27. The minimum absolute atomic E-state index is 0.269. The molecule has 154 valence electrons. The Morgan fingerprint density at radius 1 is 1.03 bits per heavy atom. The summed E-state index contributed by atoms with van der Waals surface area (Å²) < 4.78 is 44.4. The molecule has 0 amide bonds. The van der Waals surface area contributed by atoms with Crippen molar-refractivity contribution in [1.29, 1.82) is 0 Å². The van der Waals surface area contributed by atoms with E-state index in [2.05, 4.69) is 19.9 Å². The number of anilines is 1. The summed E-state index contributed by atoms with van der Waals surface area (Å²) in [5, 5.41) is 7.85. The van der Waals surface area contributed by atoms with Crippen molar-refractivity contribution in [2.24, 2.45) is 7.05 Å². The van der Waals surface area contributed by atoms with Crippen LogP contribution >= 0.6 is 11.9 Å². The number of hydrogen-bond donors (Lipinski definition) is 1. The van der Waals surface area contributed by atoms with Crippen molar-refractivity contribution in [1.82, 2.24) is 24.5 Å². The summed E-state index contributed by atoms with van der Waals surface area (Å²) in [5.74, 6) is 0.269. The van der Waals surface area contributed by atoms with Crippen LogP contribution in [0.1, 0.15) is 18.1 Å². The van der Waals surface area contributed by atoms with E-state index in [1.54, 1.807) is 29.9 Å². The Labute approximate surface area is 183 Å². The Kier molecular flexibility index (Phi) is 5.28. The third-order valence-electron chi connectivity index (χ3n) is 4.62. The standard InChI is InChI=1S/C19H15B2F3N6S/c1-18(20,21)14-5-3-11-7-26-29(2)17(11)16(14)28-31-13-4-6-15(25-9-13)30-10-12(8-27-30)19(22,23)24/h3-10,28H,1-2H3. The van der Waals surface area contributed by atoms with Gasteiger partial charge >= 0.3 is 6.18 Å². The maximum atomic E-state index is 12.8. The van der Waals surface area contributed by atoms with Crippen LogP contribution in [0.3, 0.4) is 0 Å². The van der Waals surface area contributed by atoms with Gasteiger partial charge in [0.05, 0.1) is 44.9 Å². The fourth-order valence-electron chi connectivity index (χ4n) is 3.09. The van der Waals surface area contributed by atoms with Crippen LogP contribution < -0.4 is 4.72 Å². The van der Waals surface area contributed by atoms with Gasteiger partial charge in [-0.05, 0) is 29.6 Å². The molecule has 4 aromatic rings. The average Bonchev–Trinajstić information content (AvgIpc) is 3.33. The zero-order valence-corrected chi connectivity index (χ0v) is 17.4. The molecule has 4 radical (unpaired) electrons. The topological polar surface area (TPSA) is 60.6 Å². The van der Waals surface area contributed by atoms with Crippen LogP contribution in [0.25, 0.3) is 16.7 Å². The van der Waals surface area contributed by atoms with Gasteiger partial charge in [-0.25, -0.2) is 9.67 Å². The molecule has 0 aliphatic rings. The molecule has 1 N–H and O–H groups in total. The van der Waals surface area contributed by atoms with Gasteiger partial charge in [-0.2, -0.15) is 23.4 Å². The predicted molar refractivity (Wildman–Crippen MR) is 115 cm³/mol. The van der Waals surface area contributed by atoms with Gasteiger partial charge in [0, 0.05) is 29.7 Å². The fourth-order valence-corrected chi connectivity index (χ4v) is 3.76. The Balaban J connectivity index is 1.58. The van der Waals surface area contributed by atoms with Gasteiger partial charge in [0.2, 0.25) is 0 Å². The van der Waals surface area contributed by atoms with Crippen LogP contribution in [0.4, 0.5) is 18.9 Å². The summed E-state index contributed by atoms with van der Waals surface area (Å²) in [6, 6.07) is 7.06. The van der Waals surface area contributed by atoms with E-state index >= 15 is 0 Å².